The minimum absolute atomic E-state index is 0.123. The number of isocyanates is 1. The molecule has 0 aliphatic rings. The zero-order valence-corrected chi connectivity index (χ0v) is 9.28. The van der Waals surface area contributed by atoms with Crippen LogP contribution < -0.4 is 9.47 Å². The summed E-state index contributed by atoms with van der Waals surface area (Å²) in [5.41, 5.74) is 0.123. The highest BCUT2D eigenvalue weighted by atomic mass is 19.1. The number of rotatable bonds is 4. The van der Waals surface area contributed by atoms with E-state index in [-0.39, 0.29) is 11.3 Å². The van der Waals surface area contributed by atoms with Crippen LogP contribution in [0.25, 0.3) is 0 Å². The van der Waals surface area contributed by atoms with Crippen LogP contribution in [0.5, 0.6) is 11.5 Å². The van der Waals surface area contributed by atoms with E-state index in [0.717, 1.165) is 6.92 Å². The predicted octanol–water partition coefficient (Wildman–Crippen LogP) is 2.18. The van der Waals surface area contributed by atoms with E-state index in [0.29, 0.717) is 5.75 Å². The van der Waals surface area contributed by atoms with Crippen LogP contribution in [0.4, 0.5) is 4.39 Å². The van der Waals surface area contributed by atoms with Gasteiger partial charge in [-0.05, 0) is 19.1 Å². The zero-order valence-electron chi connectivity index (χ0n) is 9.28. The summed E-state index contributed by atoms with van der Waals surface area (Å²) in [7, 11) is 2.84. The van der Waals surface area contributed by atoms with Crippen LogP contribution in [-0.2, 0) is 10.6 Å². The first kappa shape index (κ1) is 12.2. The van der Waals surface area contributed by atoms with Gasteiger partial charge in [0.25, 0.3) is 0 Å². The highest BCUT2D eigenvalue weighted by molar-refractivity contribution is 5.50. The molecule has 0 amide bonds. The van der Waals surface area contributed by atoms with Crippen LogP contribution in [-0.4, -0.2) is 20.3 Å². The van der Waals surface area contributed by atoms with Crippen molar-refractivity contribution in [3.05, 3.63) is 23.8 Å². The molecule has 0 spiro atoms. The number of halogens is 1. The molecule has 4 nitrogen and oxygen atoms in total. The number of aliphatic imine (C=N–C) groups is 1. The standard InChI is InChI=1S/C11H12FNO3/c1-11(12,13-7-14)8-5-4-6-9(15-2)10(8)16-3/h4-6H,1-3H3. The lowest BCUT2D eigenvalue weighted by Gasteiger charge is -2.18. The van der Waals surface area contributed by atoms with Crippen molar-refractivity contribution in [3.8, 4) is 11.5 Å². The number of methoxy groups -OCH3 is 2. The third-order valence-electron chi connectivity index (χ3n) is 2.15. The number of nitrogens with zero attached hydrogens (tertiary/aromatic N) is 1. The Morgan fingerprint density at radius 3 is 2.56 bits per heavy atom. The molecule has 0 aliphatic heterocycles. The first-order valence-electron chi connectivity index (χ1n) is 4.56. The Balaban J connectivity index is 3.38. The lowest BCUT2D eigenvalue weighted by Crippen LogP contribution is -2.13. The van der Waals surface area contributed by atoms with Gasteiger partial charge in [-0.2, -0.15) is 4.99 Å². The van der Waals surface area contributed by atoms with Crippen molar-refractivity contribution in [1.29, 1.82) is 0 Å². The van der Waals surface area contributed by atoms with E-state index in [4.69, 9.17) is 9.47 Å². The third kappa shape index (κ3) is 2.20. The molecule has 0 fully saturated rings. The van der Waals surface area contributed by atoms with Gasteiger partial charge in [0.15, 0.2) is 11.5 Å². The number of para-hydroxylation sites is 1. The van der Waals surface area contributed by atoms with E-state index in [1.165, 1.54) is 26.4 Å². The van der Waals surface area contributed by atoms with E-state index in [9.17, 15) is 9.18 Å². The highest BCUT2D eigenvalue weighted by Crippen LogP contribution is 2.39. The molecule has 0 saturated carbocycles. The number of ether oxygens (including phenoxy) is 2. The van der Waals surface area contributed by atoms with Gasteiger partial charge < -0.3 is 9.47 Å². The van der Waals surface area contributed by atoms with Crippen LogP contribution in [0.1, 0.15) is 12.5 Å². The normalized spacial score (nSPS) is 13.5. The van der Waals surface area contributed by atoms with Gasteiger partial charge in [-0.15, -0.1) is 0 Å². The molecule has 1 unspecified atom stereocenters. The quantitative estimate of drug-likeness (QED) is 0.448. The topological polar surface area (TPSA) is 47.9 Å². The summed E-state index contributed by atoms with van der Waals surface area (Å²) in [5.74, 6) is -1.58. The van der Waals surface area contributed by atoms with Crippen molar-refractivity contribution in [3.63, 3.8) is 0 Å². The van der Waals surface area contributed by atoms with Crippen molar-refractivity contribution in [2.75, 3.05) is 14.2 Å². The molecule has 0 bridgehead atoms. The van der Waals surface area contributed by atoms with Crippen molar-refractivity contribution < 1.29 is 18.7 Å². The molecule has 16 heavy (non-hydrogen) atoms. The van der Waals surface area contributed by atoms with Crippen LogP contribution in [0.15, 0.2) is 23.2 Å². The summed E-state index contributed by atoms with van der Waals surface area (Å²) in [6.07, 6.45) is 1.20. The molecule has 0 aliphatic carbocycles. The minimum atomic E-state index is -2.18. The second kappa shape index (κ2) is 4.77. The van der Waals surface area contributed by atoms with Gasteiger partial charge in [0.05, 0.1) is 19.8 Å². The Kier molecular flexibility index (Phi) is 3.64. The van der Waals surface area contributed by atoms with Crippen molar-refractivity contribution in [2.24, 2.45) is 4.99 Å². The molecular weight excluding hydrogens is 213 g/mol. The van der Waals surface area contributed by atoms with Crippen molar-refractivity contribution >= 4 is 6.08 Å². The molecule has 0 aromatic heterocycles. The fourth-order valence-electron chi connectivity index (χ4n) is 1.39. The Labute approximate surface area is 92.7 Å². The number of carbonyl (C=O) groups excluding carboxylic acids is 1. The largest absolute Gasteiger partial charge is 0.493 e. The summed E-state index contributed by atoms with van der Waals surface area (Å²) in [6.45, 7) is 1.15. The maximum absolute atomic E-state index is 14.0. The smallest absolute Gasteiger partial charge is 0.238 e. The van der Waals surface area contributed by atoms with Gasteiger partial charge >= 0.3 is 0 Å². The van der Waals surface area contributed by atoms with E-state index in [2.05, 4.69) is 4.99 Å². The van der Waals surface area contributed by atoms with Crippen LogP contribution >= 0.6 is 0 Å². The number of alkyl halides is 1. The molecule has 5 heteroatoms. The highest BCUT2D eigenvalue weighted by Gasteiger charge is 2.30. The summed E-state index contributed by atoms with van der Waals surface area (Å²) in [4.78, 5) is 13.2. The monoisotopic (exact) mass is 225 g/mol. The molecule has 0 radical (unpaired) electrons. The molecule has 1 aromatic rings. The predicted molar refractivity (Wildman–Crippen MR) is 56.1 cm³/mol. The van der Waals surface area contributed by atoms with E-state index < -0.39 is 5.79 Å². The van der Waals surface area contributed by atoms with Gasteiger partial charge in [-0.1, -0.05) is 6.07 Å². The Morgan fingerprint density at radius 1 is 1.38 bits per heavy atom. The number of hydrogen-bond donors (Lipinski definition) is 0. The van der Waals surface area contributed by atoms with Crippen LogP contribution in [0.3, 0.4) is 0 Å². The molecule has 1 rings (SSSR count). The van der Waals surface area contributed by atoms with Gasteiger partial charge in [-0.25, -0.2) is 9.18 Å². The number of hydrogen-bond acceptors (Lipinski definition) is 4. The van der Waals surface area contributed by atoms with Crippen LogP contribution in [0, 0.1) is 0 Å². The third-order valence-corrected chi connectivity index (χ3v) is 2.15. The minimum Gasteiger partial charge on any atom is -0.493 e. The average molecular weight is 225 g/mol. The lowest BCUT2D eigenvalue weighted by molar-refractivity contribution is 0.197. The van der Waals surface area contributed by atoms with E-state index in [1.807, 2.05) is 0 Å². The van der Waals surface area contributed by atoms with Gasteiger partial charge in [0, 0.05) is 0 Å². The zero-order chi connectivity index (χ0) is 12.2. The summed E-state index contributed by atoms with van der Waals surface area (Å²) in [5, 5.41) is 0. The molecule has 0 N–H and O–H groups in total. The maximum atomic E-state index is 14.0. The molecule has 1 atom stereocenters. The summed E-state index contributed by atoms with van der Waals surface area (Å²) < 4.78 is 24.1. The van der Waals surface area contributed by atoms with Crippen LogP contribution in [0.2, 0.25) is 0 Å². The molecule has 0 saturated heterocycles. The first-order valence-corrected chi connectivity index (χ1v) is 4.56. The fourth-order valence-corrected chi connectivity index (χ4v) is 1.39. The average Bonchev–Trinajstić information content (AvgIpc) is 2.27. The Hall–Kier alpha value is -1.87. The maximum Gasteiger partial charge on any atom is 0.238 e. The van der Waals surface area contributed by atoms with Crippen molar-refractivity contribution in [1.82, 2.24) is 0 Å². The Morgan fingerprint density at radius 2 is 2.06 bits per heavy atom. The summed E-state index contributed by atoms with van der Waals surface area (Å²) >= 11 is 0. The van der Waals surface area contributed by atoms with E-state index >= 15 is 0 Å². The number of benzene rings is 1. The molecule has 1 aromatic carbocycles. The fraction of sp³-hybridized carbons (Fsp3) is 0.364. The first-order chi connectivity index (χ1) is 7.56. The van der Waals surface area contributed by atoms with Gasteiger partial charge in [0.2, 0.25) is 11.9 Å². The van der Waals surface area contributed by atoms with Gasteiger partial charge in [0.1, 0.15) is 0 Å². The van der Waals surface area contributed by atoms with E-state index in [1.54, 1.807) is 12.1 Å². The summed E-state index contributed by atoms with van der Waals surface area (Å²) in [6, 6.07) is 4.69. The SMILES string of the molecule is COc1cccc(C(C)(F)N=C=O)c1OC. The Bertz CT molecular complexity index is 425. The molecule has 86 valence electrons. The van der Waals surface area contributed by atoms with Crippen molar-refractivity contribution in [2.45, 2.75) is 12.7 Å². The molecular formula is C11H12FNO3. The second-order valence-electron chi connectivity index (χ2n) is 3.20. The van der Waals surface area contributed by atoms with Gasteiger partial charge in [-0.3, -0.25) is 0 Å². The second-order valence-corrected chi connectivity index (χ2v) is 3.20. The molecule has 0 heterocycles. The lowest BCUT2D eigenvalue weighted by atomic mass is 10.1.